The molecule has 0 saturated carbocycles. The van der Waals surface area contributed by atoms with Crippen molar-refractivity contribution in [3.63, 3.8) is 0 Å². The van der Waals surface area contributed by atoms with E-state index in [9.17, 15) is 0 Å². The Morgan fingerprint density at radius 2 is 1.61 bits per heavy atom. The molecule has 0 N–H and O–H groups in total. The second kappa shape index (κ2) is 14.5. The number of hydrogen-bond donors (Lipinski definition) is 0. The Labute approximate surface area is 255 Å². The van der Waals surface area contributed by atoms with Crippen LogP contribution in [0.25, 0.3) is 22.5 Å². The van der Waals surface area contributed by atoms with Crippen molar-refractivity contribution in [1.82, 2.24) is 9.97 Å². The summed E-state index contributed by atoms with van der Waals surface area (Å²) in [7, 11) is 0. The maximum absolute atomic E-state index is 8.40. The Bertz CT molecular complexity index is 1770. The summed E-state index contributed by atoms with van der Waals surface area (Å²) in [4.78, 5) is 8.46. The minimum atomic E-state index is -2.49. The van der Waals surface area contributed by atoms with Gasteiger partial charge in [-0.3, -0.25) is 0 Å². The van der Waals surface area contributed by atoms with Crippen LogP contribution in [0.3, 0.4) is 0 Å². The zero-order chi connectivity index (χ0) is 34.6. The van der Waals surface area contributed by atoms with Gasteiger partial charge in [0.15, 0.2) is 0 Å². The third kappa shape index (κ3) is 8.58. The predicted octanol–water partition coefficient (Wildman–Crippen LogP) is 8.50. The van der Waals surface area contributed by atoms with Crippen molar-refractivity contribution in [2.75, 3.05) is 0 Å². The fourth-order valence-electron chi connectivity index (χ4n) is 3.51. The molecule has 0 amide bonds. The molecule has 1 radical (unpaired) electrons. The molecule has 5 rings (SSSR count). The van der Waals surface area contributed by atoms with E-state index in [2.05, 4.69) is 22.1 Å². The first-order chi connectivity index (χ1) is 21.9. The third-order valence-electron chi connectivity index (χ3n) is 5.24. The van der Waals surface area contributed by atoms with Gasteiger partial charge in [0.1, 0.15) is 0 Å². The zero-order valence-electron chi connectivity index (χ0n) is 31.1. The van der Waals surface area contributed by atoms with Gasteiger partial charge < -0.3 is 9.97 Å². The normalized spacial score (nSPS) is 15.7. The Morgan fingerprint density at radius 1 is 0.816 bits per heavy atom. The summed E-state index contributed by atoms with van der Waals surface area (Å²) in [6.45, 7) is -1.37. The van der Waals surface area contributed by atoms with Crippen LogP contribution in [0.1, 0.15) is 55.4 Å². The maximum atomic E-state index is 8.40. The number of rotatable bonds is 6. The molecule has 0 unspecified atom stereocenters. The second-order valence-corrected chi connectivity index (χ2v) is 8.60. The van der Waals surface area contributed by atoms with Crippen molar-refractivity contribution in [2.45, 2.75) is 40.3 Å². The number of pyridine rings is 2. The van der Waals surface area contributed by atoms with Gasteiger partial charge in [0.25, 0.3) is 0 Å². The summed E-state index contributed by atoms with van der Waals surface area (Å²) >= 11 is 0. The minimum absolute atomic E-state index is 0. The molecule has 5 aromatic rings. The van der Waals surface area contributed by atoms with E-state index >= 15 is 0 Å². The first-order valence-electron chi connectivity index (χ1n) is 16.9. The Balaban J connectivity index is 0.000000260. The number of nitrogens with zero attached hydrogens (tertiary/aromatic N) is 2. The first kappa shape index (κ1) is 18.0. The largest absolute Gasteiger partial charge is 0.305 e. The van der Waals surface area contributed by atoms with Gasteiger partial charge in [0, 0.05) is 46.2 Å². The molecule has 0 fully saturated rings. The predicted molar refractivity (Wildman–Crippen MR) is 154 cm³/mol. The van der Waals surface area contributed by atoms with Gasteiger partial charge in [-0.1, -0.05) is 68.7 Å². The van der Waals surface area contributed by atoms with Gasteiger partial charge in [-0.15, -0.1) is 71.3 Å². The Kier molecular flexibility index (Phi) is 6.88. The van der Waals surface area contributed by atoms with Crippen LogP contribution in [-0.2, 0) is 32.9 Å². The Hall–Kier alpha value is -3.39. The van der Waals surface area contributed by atoms with Crippen LogP contribution >= 0.6 is 0 Å². The van der Waals surface area contributed by atoms with Crippen molar-refractivity contribution in [2.24, 2.45) is 5.92 Å². The molecule has 0 spiro atoms. The number of aryl methyl sites for hydroxylation is 2. The number of hydrogen-bond acceptors (Lipinski definition) is 2. The summed E-state index contributed by atoms with van der Waals surface area (Å²) in [5.41, 5.74) is 3.71. The van der Waals surface area contributed by atoms with Crippen LogP contribution in [0.2, 0.25) is 0 Å². The molecular weight excluding hydrogens is 641 g/mol. The van der Waals surface area contributed by atoms with Gasteiger partial charge in [-0.05, 0) is 59.7 Å². The molecule has 0 saturated heterocycles. The van der Waals surface area contributed by atoms with Crippen molar-refractivity contribution in [3.8, 4) is 22.5 Å². The van der Waals surface area contributed by atoms with Crippen molar-refractivity contribution in [3.05, 3.63) is 143 Å². The van der Waals surface area contributed by atoms with E-state index in [1.165, 1.54) is 30.5 Å². The van der Waals surface area contributed by atoms with Gasteiger partial charge in [-0.25, -0.2) is 0 Å². The molecule has 0 aliphatic carbocycles. The monoisotopic (exact) mass is 685 g/mol. The van der Waals surface area contributed by atoms with E-state index in [1.54, 1.807) is 44.3 Å². The number of benzene rings is 3. The average molecular weight is 685 g/mol. The van der Waals surface area contributed by atoms with E-state index in [0.29, 0.717) is 22.4 Å². The molecule has 2 heterocycles. The van der Waals surface area contributed by atoms with Crippen LogP contribution in [0.5, 0.6) is 0 Å². The summed E-state index contributed by atoms with van der Waals surface area (Å²) in [5.74, 6) is -0.444. The molecule has 0 aliphatic rings. The minimum Gasteiger partial charge on any atom is -0.305 e. The molecule has 3 heteroatoms. The van der Waals surface area contributed by atoms with E-state index in [-0.39, 0.29) is 36.8 Å². The molecule has 0 bridgehead atoms. The Morgan fingerprint density at radius 3 is 2.29 bits per heavy atom. The van der Waals surface area contributed by atoms with E-state index < -0.39 is 32.4 Å². The van der Waals surface area contributed by atoms with Crippen LogP contribution < -0.4 is 0 Å². The fourth-order valence-corrected chi connectivity index (χ4v) is 3.51. The van der Waals surface area contributed by atoms with Gasteiger partial charge in [-0.2, -0.15) is 0 Å². The van der Waals surface area contributed by atoms with E-state index in [1.807, 2.05) is 42.5 Å². The maximum Gasteiger partial charge on any atom is 0.0365 e. The zero-order valence-corrected chi connectivity index (χ0v) is 23.5. The second-order valence-electron chi connectivity index (χ2n) is 8.60. The fraction of sp³-hybridized carbons (Fsp3) is 0.200. The molecule has 0 aliphatic heterocycles. The standard InChI is InChI=1S/C18H14N.C17H20N.Ir/c1-3-7-15(8-4-1)13-16-11-12-19-18(14-16)17-9-5-2-6-10-17;1-12(2)9-16-10-17(18-11-14(16)4)15-7-5-13(3)6-8-15;/h1-9,11-12,14H,13H2;5-7,10-12H,9H2,1-4H3;/q2*-1;/i13D2;3D3,4D3,9D2;. The molecular formula is C35H34IrN2-2. The quantitative estimate of drug-likeness (QED) is 0.168. The molecule has 38 heavy (non-hydrogen) atoms. The number of aromatic nitrogens is 2. The smallest absolute Gasteiger partial charge is 0.0365 e. The van der Waals surface area contributed by atoms with E-state index in [0.717, 1.165) is 11.3 Å². The van der Waals surface area contributed by atoms with Crippen LogP contribution in [-0.4, -0.2) is 9.97 Å². The molecule has 3 aromatic carbocycles. The van der Waals surface area contributed by atoms with Crippen molar-refractivity contribution < 1.29 is 33.8 Å². The van der Waals surface area contributed by atoms with Gasteiger partial charge in [0.05, 0.1) is 0 Å². The third-order valence-corrected chi connectivity index (χ3v) is 5.24. The van der Waals surface area contributed by atoms with E-state index in [4.69, 9.17) is 13.7 Å². The van der Waals surface area contributed by atoms with Gasteiger partial charge >= 0.3 is 0 Å². The molecule has 0 atom stereocenters. The van der Waals surface area contributed by atoms with Crippen molar-refractivity contribution in [1.29, 1.82) is 0 Å². The van der Waals surface area contributed by atoms with Crippen LogP contribution in [0.15, 0.2) is 103 Å². The topological polar surface area (TPSA) is 25.8 Å². The van der Waals surface area contributed by atoms with Crippen molar-refractivity contribution >= 4 is 0 Å². The molecule has 195 valence electrons. The average Bonchev–Trinajstić information content (AvgIpc) is 3.05. The van der Waals surface area contributed by atoms with Gasteiger partial charge in [0.2, 0.25) is 0 Å². The van der Waals surface area contributed by atoms with Crippen LogP contribution in [0.4, 0.5) is 0 Å². The summed E-state index contributed by atoms with van der Waals surface area (Å²) in [6.07, 6.45) is -0.594. The molecule has 2 nitrogen and oxygen atoms in total. The summed E-state index contributed by atoms with van der Waals surface area (Å²) in [5, 5.41) is 0. The first-order valence-corrected chi connectivity index (χ1v) is 11.9. The molecule has 2 aromatic heterocycles. The SMILES string of the molecule is [2H]C([2H])([2H])c1c[c-]c(-c2cc(C([2H])([2H])C(C)C)c(C([2H])([2H])[2H])cn2)cc1.[2H]C([2H])(c1ccccc1)c1ccnc(-c2[c-]cccc2)c1.[Ir]. The summed E-state index contributed by atoms with van der Waals surface area (Å²) < 4.78 is 78.6. The van der Waals surface area contributed by atoms with Crippen LogP contribution in [0, 0.1) is 31.8 Å². The summed E-state index contributed by atoms with van der Waals surface area (Å²) in [6, 6.07) is 32.0.